The van der Waals surface area contributed by atoms with Crippen molar-refractivity contribution in [2.45, 2.75) is 19.5 Å². The summed E-state index contributed by atoms with van der Waals surface area (Å²) in [5.41, 5.74) is 3.04. The maximum atomic E-state index is 12.5. The van der Waals surface area contributed by atoms with Crippen molar-refractivity contribution in [3.05, 3.63) is 82.1 Å². The highest BCUT2D eigenvalue weighted by atomic mass is 16.1. The molecule has 3 rings (SSSR count). The number of nitrogens with one attached hydrogen (secondary N) is 1. The van der Waals surface area contributed by atoms with Gasteiger partial charge in [0.25, 0.3) is 5.56 Å². The van der Waals surface area contributed by atoms with Crippen LogP contribution in [-0.2, 0) is 13.6 Å². The average Bonchev–Trinajstić information content (AvgIpc) is 2.57. The molecule has 1 aromatic heterocycles. The molecule has 0 saturated carbocycles. The maximum Gasteiger partial charge on any atom is 0.255 e. The molecule has 1 heterocycles. The zero-order valence-corrected chi connectivity index (χ0v) is 12.9. The molecule has 3 nitrogen and oxygen atoms in total. The van der Waals surface area contributed by atoms with E-state index in [1.807, 2.05) is 55.6 Å². The van der Waals surface area contributed by atoms with E-state index in [0.29, 0.717) is 6.54 Å². The molecular formula is C19H20N2O. The smallest absolute Gasteiger partial charge is 0.255 e. The van der Waals surface area contributed by atoms with Crippen LogP contribution in [-0.4, -0.2) is 4.57 Å². The fraction of sp³-hybridized carbons (Fsp3) is 0.211. The molecule has 0 aliphatic heterocycles. The highest BCUT2D eigenvalue weighted by molar-refractivity contribution is 5.79. The molecule has 112 valence electrons. The molecule has 1 N–H and O–H groups in total. The summed E-state index contributed by atoms with van der Waals surface area (Å²) in [4.78, 5) is 12.5. The number of rotatable bonds is 4. The first kappa shape index (κ1) is 14.5. The molecule has 0 aliphatic carbocycles. The van der Waals surface area contributed by atoms with Gasteiger partial charge in [0.1, 0.15) is 0 Å². The van der Waals surface area contributed by atoms with Crippen LogP contribution in [0.25, 0.3) is 10.9 Å². The molecule has 3 heteroatoms. The molecule has 0 aliphatic rings. The molecule has 0 spiro atoms. The van der Waals surface area contributed by atoms with Gasteiger partial charge in [-0.2, -0.15) is 0 Å². The summed E-state index contributed by atoms with van der Waals surface area (Å²) in [7, 11) is 1.83. The summed E-state index contributed by atoms with van der Waals surface area (Å²) in [5.74, 6) is 0. The van der Waals surface area contributed by atoms with Crippen molar-refractivity contribution in [3.63, 3.8) is 0 Å². The fourth-order valence-electron chi connectivity index (χ4n) is 2.74. The number of aromatic nitrogens is 1. The van der Waals surface area contributed by atoms with Crippen LogP contribution in [0, 0.1) is 0 Å². The lowest BCUT2D eigenvalue weighted by Crippen LogP contribution is -2.27. The topological polar surface area (TPSA) is 34.0 Å². The van der Waals surface area contributed by atoms with Crippen LogP contribution >= 0.6 is 0 Å². The predicted octanol–water partition coefficient (Wildman–Crippen LogP) is 3.39. The van der Waals surface area contributed by atoms with Gasteiger partial charge in [0, 0.05) is 25.2 Å². The van der Waals surface area contributed by atoms with Crippen molar-refractivity contribution in [2.24, 2.45) is 7.05 Å². The lowest BCUT2D eigenvalue weighted by molar-refractivity contribution is 0.570. The Balaban J connectivity index is 1.85. The van der Waals surface area contributed by atoms with Gasteiger partial charge in [0.05, 0.1) is 5.52 Å². The highest BCUT2D eigenvalue weighted by Gasteiger charge is 2.09. The average molecular weight is 292 g/mol. The van der Waals surface area contributed by atoms with E-state index >= 15 is 0 Å². The number of para-hydroxylation sites is 1. The Bertz CT molecular complexity index is 837. The Morgan fingerprint density at radius 2 is 1.73 bits per heavy atom. The zero-order valence-electron chi connectivity index (χ0n) is 12.9. The van der Waals surface area contributed by atoms with Crippen LogP contribution in [0.4, 0.5) is 0 Å². The Morgan fingerprint density at radius 1 is 1.05 bits per heavy atom. The Hall–Kier alpha value is -2.39. The minimum Gasteiger partial charge on any atom is -0.311 e. The van der Waals surface area contributed by atoms with Crippen molar-refractivity contribution in [3.8, 4) is 0 Å². The zero-order chi connectivity index (χ0) is 15.5. The summed E-state index contributed by atoms with van der Waals surface area (Å²) in [6.07, 6.45) is 0. The van der Waals surface area contributed by atoms with E-state index < -0.39 is 0 Å². The van der Waals surface area contributed by atoms with E-state index in [0.717, 1.165) is 16.5 Å². The molecule has 0 saturated heterocycles. The van der Waals surface area contributed by atoms with E-state index in [4.69, 9.17) is 0 Å². The van der Waals surface area contributed by atoms with Crippen LogP contribution in [0.5, 0.6) is 0 Å². The Labute approximate surface area is 130 Å². The second kappa shape index (κ2) is 6.16. The third-order valence-electron chi connectivity index (χ3n) is 4.11. The van der Waals surface area contributed by atoms with E-state index in [9.17, 15) is 4.79 Å². The predicted molar refractivity (Wildman–Crippen MR) is 90.9 cm³/mol. The molecule has 3 aromatic rings. The molecule has 1 unspecified atom stereocenters. The van der Waals surface area contributed by atoms with Crippen molar-refractivity contribution in [1.82, 2.24) is 9.88 Å². The largest absolute Gasteiger partial charge is 0.311 e. The van der Waals surface area contributed by atoms with Gasteiger partial charge >= 0.3 is 0 Å². The first-order chi connectivity index (χ1) is 10.7. The van der Waals surface area contributed by atoms with Crippen molar-refractivity contribution in [2.75, 3.05) is 0 Å². The molecule has 0 radical (unpaired) electrons. The van der Waals surface area contributed by atoms with E-state index in [-0.39, 0.29) is 11.6 Å². The number of nitrogens with zero attached hydrogens (tertiary/aromatic N) is 1. The minimum atomic E-state index is 0.0615. The van der Waals surface area contributed by atoms with Gasteiger partial charge in [0.2, 0.25) is 0 Å². The van der Waals surface area contributed by atoms with Crippen LogP contribution in [0.15, 0.2) is 65.5 Å². The molecular weight excluding hydrogens is 272 g/mol. The SMILES string of the molecule is CC(NCc1cc2ccccc2n(C)c1=O)c1ccccc1. The van der Waals surface area contributed by atoms with Gasteiger partial charge in [-0.3, -0.25) is 4.79 Å². The summed E-state index contributed by atoms with van der Waals surface area (Å²) >= 11 is 0. The van der Waals surface area contributed by atoms with Gasteiger partial charge < -0.3 is 9.88 Å². The molecule has 22 heavy (non-hydrogen) atoms. The summed E-state index contributed by atoms with van der Waals surface area (Å²) in [6.45, 7) is 2.68. The second-order valence-corrected chi connectivity index (χ2v) is 5.61. The first-order valence-corrected chi connectivity index (χ1v) is 7.53. The molecule has 0 bridgehead atoms. The van der Waals surface area contributed by atoms with E-state index in [2.05, 4.69) is 24.4 Å². The number of pyridine rings is 1. The highest BCUT2D eigenvalue weighted by Crippen LogP contribution is 2.14. The summed E-state index contributed by atoms with van der Waals surface area (Å²) in [6, 6.07) is 20.4. The van der Waals surface area contributed by atoms with E-state index in [1.165, 1.54) is 5.56 Å². The van der Waals surface area contributed by atoms with Gasteiger partial charge in [-0.15, -0.1) is 0 Å². The monoisotopic (exact) mass is 292 g/mol. The lowest BCUT2D eigenvalue weighted by atomic mass is 10.1. The summed E-state index contributed by atoms with van der Waals surface area (Å²) in [5, 5.41) is 4.53. The normalized spacial score (nSPS) is 12.5. The van der Waals surface area contributed by atoms with Crippen LogP contribution < -0.4 is 10.9 Å². The number of hydrogen-bond donors (Lipinski definition) is 1. The van der Waals surface area contributed by atoms with E-state index in [1.54, 1.807) is 4.57 Å². The maximum absolute atomic E-state index is 12.5. The number of hydrogen-bond acceptors (Lipinski definition) is 2. The van der Waals surface area contributed by atoms with Gasteiger partial charge in [-0.05, 0) is 30.0 Å². The molecule has 0 fully saturated rings. The first-order valence-electron chi connectivity index (χ1n) is 7.53. The van der Waals surface area contributed by atoms with Gasteiger partial charge in [-0.25, -0.2) is 0 Å². The fourth-order valence-corrected chi connectivity index (χ4v) is 2.74. The van der Waals surface area contributed by atoms with Crippen LogP contribution in [0.1, 0.15) is 24.1 Å². The number of fused-ring (bicyclic) bond motifs is 1. The Morgan fingerprint density at radius 3 is 2.50 bits per heavy atom. The molecule has 0 amide bonds. The van der Waals surface area contributed by atoms with Gasteiger partial charge in [0.15, 0.2) is 0 Å². The number of benzene rings is 2. The van der Waals surface area contributed by atoms with Gasteiger partial charge in [-0.1, -0.05) is 48.5 Å². The molecule has 2 aromatic carbocycles. The number of aryl methyl sites for hydroxylation is 1. The molecule has 1 atom stereocenters. The van der Waals surface area contributed by atoms with Crippen molar-refractivity contribution < 1.29 is 0 Å². The minimum absolute atomic E-state index is 0.0615. The van der Waals surface area contributed by atoms with Crippen LogP contribution in [0.3, 0.4) is 0 Å². The standard InChI is InChI=1S/C19H20N2O/c1-14(15-8-4-3-5-9-15)20-13-17-12-16-10-6-7-11-18(16)21(2)19(17)22/h3-12,14,20H,13H2,1-2H3. The quantitative estimate of drug-likeness (QED) is 0.800. The van der Waals surface area contributed by atoms with Crippen molar-refractivity contribution in [1.29, 1.82) is 0 Å². The second-order valence-electron chi connectivity index (χ2n) is 5.61. The summed E-state index contributed by atoms with van der Waals surface area (Å²) < 4.78 is 1.72. The third-order valence-corrected chi connectivity index (χ3v) is 4.11. The Kier molecular flexibility index (Phi) is 4.07. The van der Waals surface area contributed by atoms with Crippen LogP contribution in [0.2, 0.25) is 0 Å². The lowest BCUT2D eigenvalue weighted by Gasteiger charge is -2.15. The van der Waals surface area contributed by atoms with Crippen molar-refractivity contribution >= 4 is 10.9 Å². The third kappa shape index (κ3) is 2.81.